The minimum Gasteiger partial charge on any atom is -0.444 e. The monoisotopic (exact) mass is 253 g/mol. The number of ether oxygens (including phenoxy) is 1. The van der Waals surface area contributed by atoms with Gasteiger partial charge in [-0.3, -0.25) is 0 Å². The summed E-state index contributed by atoms with van der Waals surface area (Å²) in [5.41, 5.74) is -0.460. The molecule has 5 nitrogen and oxygen atoms in total. The fourth-order valence-corrected chi connectivity index (χ4v) is 2.26. The Morgan fingerprint density at radius 3 is 2.78 bits per heavy atom. The molecule has 0 aromatic rings. The number of alkyl carbamates (subject to hydrolysis) is 1. The highest BCUT2D eigenvalue weighted by atomic mass is 16.6. The van der Waals surface area contributed by atoms with Crippen molar-refractivity contribution in [3.05, 3.63) is 0 Å². The van der Waals surface area contributed by atoms with E-state index in [1.54, 1.807) is 0 Å². The van der Waals surface area contributed by atoms with Crippen molar-refractivity contribution >= 4 is 6.09 Å². The third-order valence-electron chi connectivity index (χ3n) is 3.01. The van der Waals surface area contributed by atoms with E-state index in [2.05, 4.69) is 16.7 Å². The van der Waals surface area contributed by atoms with Crippen LogP contribution in [0.5, 0.6) is 0 Å². The minimum atomic E-state index is -0.460. The van der Waals surface area contributed by atoms with Crippen molar-refractivity contribution in [2.75, 3.05) is 13.1 Å². The number of hydrogen-bond donors (Lipinski definition) is 2. The third kappa shape index (κ3) is 5.37. The molecule has 0 bridgehead atoms. The molecule has 2 atom stereocenters. The van der Waals surface area contributed by atoms with E-state index in [1.807, 2.05) is 20.8 Å². The average molecular weight is 253 g/mol. The summed E-state index contributed by atoms with van der Waals surface area (Å²) in [5, 5.41) is 14.6. The lowest BCUT2D eigenvalue weighted by Crippen LogP contribution is -2.41. The van der Waals surface area contributed by atoms with Crippen LogP contribution in [-0.2, 0) is 4.74 Å². The van der Waals surface area contributed by atoms with Crippen molar-refractivity contribution in [3.63, 3.8) is 0 Å². The van der Waals surface area contributed by atoms with E-state index in [9.17, 15) is 4.79 Å². The zero-order valence-electron chi connectivity index (χ0n) is 11.5. The van der Waals surface area contributed by atoms with Crippen LogP contribution in [0.15, 0.2) is 0 Å². The third-order valence-corrected chi connectivity index (χ3v) is 3.01. The molecular weight excluding hydrogens is 230 g/mol. The first-order valence-corrected chi connectivity index (χ1v) is 6.49. The van der Waals surface area contributed by atoms with Gasteiger partial charge in [0, 0.05) is 12.6 Å². The summed E-state index contributed by atoms with van der Waals surface area (Å²) < 4.78 is 5.19. The van der Waals surface area contributed by atoms with Crippen LogP contribution in [0.4, 0.5) is 4.79 Å². The second kappa shape index (κ2) is 6.60. The maximum atomic E-state index is 11.5. The number of nitriles is 1. The largest absolute Gasteiger partial charge is 0.444 e. The summed E-state index contributed by atoms with van der Waals surface area (Å²) in [5.74, 6) is 0.394. The molecule has 0 saturated heterocycles. The molecule has 0 heterocycles. The van der Waals surface area contributed by atoms with Gasteiger partial charge in [0.05, 0.1) is 12.6 Å². The Balaban J connectivity index is 2.29. The fraction of sp³-hybridized carbons (Fsp3) is 0.846. The molecular formula is C13H23N3O2. The number of nitrogens with zero attached hydrogens (tertiary/aromatic N) is 1. The van der Waals surface area contributed by atoms with Crippen molar-refractivity contribution in [3.8, 4) is 6.07 Å². The maximum Gasteiger partial charge on any atom is 0.407 e. The number of hydrogen-bond acceptors (Lipinski definition) is 4. The lowest BCUT2D eigenvalue weighted by Gasteiger charge is -2.23. The molecule has 1 saturated carbocycles. The normalized spacial score (nSPS) is 23.4. The Morgan fingerprint density at radius 2 is 2.17 bits per heavy atom. The van der Waals surface area contributed by atoms with Gasteiger partial charge in [0.2, 0.25) is 0 Å². The Morgan fingerprint density at radius 1 is 1.44 bits per heavy atom. The highest BCUT2D eigenvalue weighted by molar-refractivity contribution is 5.67. The molecule has 0 aromatic carbocycles. The first kappa shape index (κ1) is 14.8. The molecule has 1 amide bonds. The van der Waals surface area contributed by atoms with Gasteiger partial charge in [-0.05, 0) is 39.5 Å². The highest BCUT2D eigenvalue weighted by Crippen LogP contribution is 2.24. The quantitative estimate of drug-likeness (QED) is 0.749. The molecule has 0 spiro atoms. The Bertz CT molecular complexity index is 317. The van der Waals surface area contributed by atoms with Crippen molar-refractivity contribution < 1.29 is 9.53 Å². The lowest BCUT2D eigenvalue weighted by molar-refractivity contribution is 0.0517. The smallest absolute Gasteiger partial charge is 0.407 e. The first-order chi connectivity index (χ1) is 8.42. The predicted octanol–water partition coefficient (Wildman–Crippen LogP) is 1.79. The molecule has 5 heteroatoms. The van der Waals surface area contributed by atoms with Crippen molar-refractivity contribution in [2.24, 2.45) is 5.92 Å². The average Bonchev–Trinajstić information content (AvgIpc) is 2.68. The Labute approximate surface area is 109 Å². The number of carbonyl (C=O) groups is 1. The summed E-state index contributed by atoms with van der Waals surface area (Å²) >= 11 is 0. The van der Waals surface area contributed by atoms with Crippen LogP contribution in [0.25, 0.3) is 0 Å². The van der Waals surface area contributed by atoms with E-state index < -0.39 is 5.60 Å². The zero-order chi connectivity index (χ0) is 13.6. The van der Waals surface area contributed by atoms with Crippen LogP contribution in [0.3, 0.4) is 0 Å². The summed E-state index contributed by atoms with van der Waals surface area (Å²) in [7, 11) is 0. The Kier molecular flexibility index (Phi) is 5.42. The van der Waals surface area contributed by atoms with E-state index in [-0.39, 0.29) is 6.09 Å². The van der Waals surface area contributed by atoms with E-state index in [4.69, 9.17) is 10.00 Å². The summed E-state index contributed by atoms with van der Waals surface area (Å²) in [6.07, 6.45) is 2.93. The van der Waals surface area contributed by atoms with E-state index >= 15 is 0 Å². The van der Waals surface area contributed by atoms with Crippen LogP contribution < -0.4 is 10.6 Å². The van der Waals surface area contributed by atoms with Gasteiger partial charge in [-0.15, -0.1) is 0 Å². The van der Waals surface area contributed by atoms with E-state index in [0.717, 1.165) is 19.3 Å². The predicted molar refractivity (Wildman–Crippen MR) is 69.0 cm³/mol. The molecule has 18 heavy (non-hydrogen) atoms. The van der Waals surface area contributed by atoms with Crippen LogP contribution >= 0.6 is 0 Å². The second-order valence-corrected chi connectivity index (χ2v) is 5.72. The van der Waals surface area contributed by atoms with Crippen molar-refractivity contribution in [1.29, 1.82) is 5.26 Å². The molecule has 102 valence electrons. The highest BCUT2D eigenvalue weighted by Gasteiger charge is 2.27. The van der Waals surface area contributed by atoms with Gasteiger partial charge in [0.25, 0.3) is 0 Å². The van der Waals surface area contributed by atoms with Crippen molar-refractivity contribution in [1.82, 2.24) is 10.6 Å². The van der Waals surface area contributed by atoms with Crippen molar-refractivity contribution in [2.45, 2.75) is 51.7 Å². The van der Waals surface area contributed by atoms with Gasteiger partial charge in [-0.25, -0.2) is 4.79 Å². The van der Waals surface area contributed by atoms with Gasteiger partial charge in [-0.1, -0.05) is 6.42 Å². The summed E-state index contributed by atoms with van der Waals surface area (Å²) in [6, 6.07) is 2.42. The maximum absolute atomic E-state index is 11.5. The topological polar surface area (TPSA) is 74.2 Å². The summed E-state index contributed by atoms with van der Waals surface area (Å²) in [6.45, 7) is 6.52. The number of amides is 1. The van der Waals surface area contributed by atoms with Crippen LogP contribution in [0, 0.1) is 17.2 Å². The Hall–Kier alpha value is -1.28. The van der Waals surface area contributed by atoms with Crippen LogP contribution in [-0.4, -0.2) is 30.8 Å². The molecule has 1 fully saturated rings. The molecule has 2 N–H and O–H groups in total. The molecule has 1 rings (SSSR count). The fourth-order valence-electron chi connectivity index (χ4n) is 2.26. The number of nitrogens with one attached hydrogen (secondary N) is 2. The molecule has 0 unspecified atom stereocenters. The van der Waals surface area contributed by atoms with Crippen LogP contribution in [0.1, 0.15) is 40.0 Å². The lowest BCUT2D eigenvalue weighted by atomic mass is 10.0. The second-order valence-electron chi connectivity index (χ2n) is 5.72. The van der Waals surface area contributed by atoms with Gasteiger partial charge >= 0.3 is 6.09 Å². The SMILES string of the molecule is CC(C)(C)OC(=O)NC[C@H]1CCC[C@H]1NCC#N. The van der Waals surface area contributed by atoms with Gasteiger partial charge < -0.3 is 15.4 Å². The van der Waals surface area contributed by atoms with E-state index in [1.165, 1.54) is 0 Å². The molecule has 0 aromatic heterocycles. The van der Waals surface area contributed by atoms with Gasteiger partial charge in [-0.2, -0.15) is 5.26 Å². The first-order valence-electron chi connectivity index (χ1n) is 6.49. The minimum absolute atomic E-state index is 0.333. The molecule has 1 aliphatic rings. The zero-order valence-corrected chi connectivity index (χ0v) is 11.5. The van der Waals surface area contributed by atoms with Gasteiger partial charge in [0.1, 0.15) is 5.60 Å². The standard InChI is InChI=1S/C13H23N3O2/c1-13(2,3)18-12(17)16-9-10-5-4-6-11(10)15-8-7-14/h10-11,15H,4-6,8-9H2,1-3H3,(H,16,17)/t10-,11-/m1/s1. The summed E-state index contributed by atoms with van der Waals surface area (Å²) in [4.78, 5) is 11.5. The number of carbonyl (C=O) groups excluding carboxylic acids is 1. The van der Waals surface area contributed by atoms with Crippen LogP contribution in [0.2, 0.25) is 0 Å². The molecule has 1 aliphatic carbocycles. The molecule has 0 radical (unpaired) electrons. The van der Waals surface area contributed by atoms with Gasteiger partial charge in [0.15, 0.2) is 0 Å². The molecule has 0 aliphatic heterocycles. The van der Waals surface area contributed by atoms with E-state index in [0.29, 0.717) is 25.0 Å². The number of rotatable bonds is 4.